The summed E-state index contributed by atoms with van der Waals surface area (Å²) in [6, 6.07) is 18.6. The minimum atomic E-state index is -3.12. The van der Waals surface area contributed by atoms with Crippen molar-refractivity contribution in [1.29, 1.82) is 0 Å². The maximum Gasteiger partial charge on any atom is 0.154 e. The van der Waals surface area contributed by atoms with Crippen molar-refractivity contribution in [2.24, 2.45) is 0 Å². The first-order chi connectivity index (χ1) is 13.6. The zero-order chi connectivity index (χ0) is 19.4. The fourth-order valence-corrected chi connectivity index (χ4v) is 5.44. The van der Waals surface area contributed by atoms with Crippen LogP contribution in [-0.2, 0) is 15.6 Å². The third kappa shape index (κ3) is 4.54. The minimum Gasteiger partial charge on any atom is -0.361 e. The summed E-state index contributed by atoms with van der Waals surface area (Å²) in [5.41, 5.74) is 4.46. The molecule has 0 radical (unpaired) electrons. The predicted molar refractivity (Wildman–Crippen MR) is 116 cm³/mol. The van der Waals surface area contributed by atoms with Crippen molar-refractivity contribution >= 4 is 26.3 Å². The molecule has 1 aliphatic rings. The van der Waals surface area contributed by atoms with Crippen molar-refractivity contribution < 1.29 is 8.42 Å². The molecule has 0 fully saturated rings. The molecule has 3 aromatic rings. The lowest BCUT2D eigenvalue weighted by Crippen LogP contribution is -2.33. The second kappa shape index (κ2) is 8.33. The summed E-state index contributed by atoms with van der Waals surface area (Å²) >= 11 is 0. The van der Waals surface area contributed by atoms with E-state index in [0.717, 1.165) is 35.9 Å². The average molecular weight is 395 g/mol. The summed E-state index contributed by atoms with van der Waals surface area (Å²) in [4.78, 5) is 3.16. The number of hydrogen-bond donors (Lipinski definition) is 2. The molecule has 2 aromatic carbocycles. The quantitative estimate of drug-likeness (QED) is 0.628. The Morgan fingerprint density at radius 2 is 1.79 bits per heavy atom. The molecule has 5 heteroatoms. The van der Waals surface area contributed by atoms with Crippen molar-refractivity contribution in [1.82, 2.24) is 10.3 Å². The summed E-state index contributed by atoms with van der Waals surface area (Å²) in [5, 5.41) is 4.50. The molecule has 28 heavy (non-hydrogen) atoms. The number of para-hydroxylation sites is 1. The molecular weight excluding hydrogens is 368 g/mol. The van der Waals surface area contributed by atoms with Crippen LogP contribution in [-0.4, -0.2) is 31.7 Å². The van der Waals surface area contributed by atoms with Crippen LogP contribution in [0.1, 0.15) is 30.4 Å². The Morgan fingerprint density at radius 1 is 1.00 bits per heavy atom. The molecule has 1 aromatic heterocycles. The summed E-state index contributed by atoms with van der Waals surface area (Å²) in [7, 11) is -3.12. The van der Waals surface area contributed by atoms with Crippen LogP contribution in [0.25, 0.3) is 16.5 Å². The standard InChI is InChI=1S/C23H26N2O2S/c26-28(27,17-20-16-25-23-11-5-4-10-22(20)23)14-6-9-21-15-19(12-13-24-21)18-7-2-1-3-8-18/h1-5,7-8,10-12,16,21,24-25H,6,9,13-15,17H2. The van der Waals surface area contributed by atoms with E-state index in [9.17, 15) is 8.42 Å². The highest BCUT2D eigenvalue weighted by Crippen LogP contribution is 2.25. The van der Waals surface area contributed by atoms with Gasteiger partial charge in [0.2, 0.25) is 0 Å². The van der Waals surface area contributed by atoms with Gasteiger partial charge in [-0.25, -0.2) is 8.42 Å². The average Bonchev–Trinajstić information content (AvgIpc) is 3.11. The van der Waals surface area contributed by atoms with E-state index >= 15 is 0 Å². The number of fused-ring (bicyclic) bond motifs is 1. The van der Waals surface area contributed by atoms with Gasteiger partial charge in [-0.2, -0.15) is 0 Å². The lowest BCUT2D eigenvalue weighted by Gasteiger charge is -2.24. The Hall–Kier alpha value is -2.37. The van der Waals surface area contributed by atoms with Crippen LogP contribution < -0.4 is 5.32 Å². The number of nitrogens with one attached hydrogen (secondary N) is 2. The van der Waals surface area contributed by atoms with Gasteiger partial charge in [0.15, 0.2) is 9.84 Å². The molecule has 0 spiro atoms. The van der Waals surface area contributed by atoms with Crippen molar-refractivity contribution in [2.45, 2.75) is 31.1 Å². The Bertz CT molecular complexity index is 1070. The number of sulfone groups is 1. The van der Waals surface area contributed by atoms with Gasteiger partial charge in [0.05, 0.1) is 11.5 Å². The van der Waals surface area contributed by atoms with Gasteiger partial charge in [-0.15, -0.1) is 0 Å². The fourth-order valence-electron chi connectivity index (χ4n) is 3.97. The molecule has 1 atom stereocenters. The molecule has 4 nitrogen and oxygen atoms in total. The van der Waals surface area contributed by atoms with Crippen molar-refractivity contribution in [3.63, 3.8) is 0 Å². The smallest absolute Gasteiger partial charge is 0.154 e. The molecule has 0 aliphatic carbocycles. The molecule has 146 valence electrons. The predicted octanol–water partition coefficient (Wildman–Crippen LogP) is 4.31. The Labute approximate surface area is 166 Å². The molecule has 4 rings (SSSR count). The van der Waals surface area contributed by atoms with E-state index in [1.165, 1.54) is 11.1 Å². The highest BCUT2D eigenvalue weighted by molar-refractivity contribution is 7.90. The number of rotatable bonds is 7. The van der Waals surface area contributed by atoms with E-state index in [4.69, 9.17) is 0 Å². The van der Waals surface area contributed by atoms with E-state index in [1.54, 1.807) is 0 Å². The van der Waals surface area contributed by atoms with E-state index in [-0.39, 0.29) is 11.5 Å². The molecule has 2 N–H and O–H groups in total. The first kappa shape index (κ1) is 19.0. The molecule has 0 bridgehead atoms. The third-order valence-corrected chi connectivity index (χ3v) is 7.09. The first-order valence-corrected chi connectivity index (χ1v) is 11.7. The minimum absolute atomic E-state index is 0.101. The molecule has 1 aliphatic heterocycles. The number of H-pyrrole nitrogens is 1. The molecule has 0 amide bonds. The summed E-state index contributed by atoms with van der Waals surface area (Å²) in [6.07, 6.45) is 6.57. The van der Waals surface area contributed by atoms with Gasteiger partial charge < -0.3 is 10.3 Å². The monoisotopic (exact) mass is 394 g/mol. The fraction of sp³-hybridized carbons (Fsp3) is 0.304. The number of benzene rings is 2. The maximum atomic E-state index is 12.6. The summed E-state index contributed by atoms with van der Waals surface area (Å²) in [5.74, 6) is 0.333. The third-order valence-electron chi connectivity index (χ3n) is 5.42. The normalized spacial score (nSPS) is 17.6. The van der Waals surface area contributed by atoms with Gasteiger partial charge in [-0.3, -0.25) is 0 Å². The Morgan fingerprint density at radius 3 is 2.64 bits per heavy atom. The van der Waals surface area contributed by atoms with Crippen LogP contribution >= 0.6 is 0 Å². The van der Waals surface area contributed by atoms with Crippen molar-refractivity contribution in [3.8, 4) is 0 Å². The van der Waals surface area contributed by atoms with Gasteiger partial charge in [0, 0.05) is 29.7 Å². The van der Waals surface area contributed by atoms with Gasteiger partial charge in [-0.1, -0.05) is 54.6 Å². The van der Waals surface area contributed by atoms with Gasteiger partial charge in [-0.05, 0) is 42.0 Å². The Balaban J connectivity index is 1.31. The van der Waals surface area contributed by atoms with Crippen LogP contribution in [0.15, 0.2) is 66.9 Å². The molecule has 2 heterocycles. The topological polar surface area (TPSA) is 62.0 Å². The summed E-state index contributed by atoms with van der Waals surface area (Å²) in [6.45, 7) is 0.844. The first-order valence-electron chi connectivity index (χ1n) is 9.84. The van der Waals surface area contributed by atoms with E-state index in [1.807, 2.05) is 36.5 Å². The van der Waals surface area contributed by atoms with Crippen molar-refractivity contribution in [3.05, 3.63) is 78.0 Å². The van der Waals surface area contributed by atoms with Gasteiger partial charge >= 0.3 is 0 Å². The SMILES string of the molecule is O=S(=O)(CCCC1CC(c2ccccc2)=CCN1)Cc1c[nH]c2ccccc12. The van der Waals surface area contributed by atoms with Crippen molar-refractivity contribution in [2.75, 3.05) is 12.3 Å². The van der Waals surface area contributed by atoms with Crippen LogP contribution in [0.3, 0.4) is 0 Å². The maximum absolute atomic E-state index is 12.6. The van der Waals surface area contributed by atoms with Crippen LogP contribution in [0, 0.1) is 0 Å². The molecule has 1 unspecified atom stereocenters. The second-order valence-electron chi connectivity index (χ2n) is 7.50. The van der Waals surface area contributed by atoms with Gasteiger partial charge in [0.1, 0.15) is 0 Å². The zero-order valence-corrected chi connectivity index (χ0v) is 16.7. The molecule has 0 saturated carbocycles. The molecule has 0 saturated heterocycles. The lowest BCUT2D eigenvalue weighted by atomic mass is 9.93. The number of aromatic amines is 1. The highest BCUT2D eigenvalue weighted by atomic mass is 32.2. The van der Waals surface area contributed by atoms with E-state index in [2.05, 4.69) is 40.6 Å². The highest BCUT2D eigenvalue weighted by Gasteiger charge is 2.19. The Kier molecular flexibility index (Phi) is 5.64. The lowest BCUT2D eigenvalue weighted by molar-refractivity contribution is 0.493. The largest absolute Gasteiger partial charge is 0.361 e. The number of hydrogen-bond acceptors (Lipinski definition) is 3. The van der Waals surface area contributed by atoms with Crippen LogP contribution in [0.5, 0.6) is 0 Å². The van der Waals surface area contributed by atoms with Gasteiger partial charge in [0.25, 0.3) is 0 Å². The number of aromatic nitrogens is 1. The molecular formula is C23H26N2O2S. The van der Waals surface area contributed by atoms with E-state index in [0.29, 0.717) is 12.5 Å². The zero-order valence-electron chi connectivity index (χ0n) is 15.9. The second-order valence-corrected chi connectivity index (χ2v) is 9.68. The van der Waals surface area contributed by atoms with E-state index < -0.39 is 9.84 Å². The summed E-state index contributed by atoms with van der Waals surface area (Å²) < 4.78 is 25.2. The van der Waals surface area contributed by atoms with Crippen LogP contribution in [0.4, 0.5) is 0 Å². The van der Waals surface area contributed by atoms with Crippen LogP contribution in [0.2, 0.25) is 0 Å².